The summed E-state index contributed by atoms with van der Waals surface area (Å²) in [5.41, 5.74) is 6.99. The van der Waals surface area contributed by atoms with Crippen molar-refractivity contribution in [2.45, 2.75) is 13.5 Å². The molecular formula is C15H15BrFNO2. The summed E-state index contributed by atoms with van der Waals surface area (Å²) in [6, 6.07) is 10.4. The molecule has 0 aliphatic rings. The fourth-order valence-electron chi connectivity index (χ4n) is 1.71. The zero-order valence-corrected chi connectivity index (χ0v) is 12.6. The van der Waals surface area contributed by atoms with Crippen LogP contribution in [0, 0.1) is 5.82 Å². The van der Waals surface area contributed by atoms with E-state index in [0.717, 1.165) is 10.0 Å². The molecule has 2 rings (SSSR count). The highest BCUT2D eigenvalue weighted by Gasteiger charge is 2.10. The second kappa shape index (κ2) is 6.61. The molecule has 2 N–H and O–H groups in total. The number of anilines is 1. The fourth-order valence-corrected chi connectivity index (χ4v) is 2.11. The van der Waals surface area contributed by atoms with Crippen molar-refractivity contribution in [3.8, 4) is 11.5 Å². The summed E-state index contributed by atoms with van der Waals surface area (Å²) in [4.78, 5) is 0. The van der Waals surface area contributed by atoms with Crippen LogP contribution in [0.5, 0.6) is 11.5 Å². The molecule has 0 saturated carbocycles. The molecule has 2 aromatic rings. The van der Waals surface area contributed by atoms with Crippen LogP contribution in [0.2, 0.25) is 0 Å². The van der Waals surface area contributed by atoms with Crippen molar-refractivity contribution in [3.05, 3.63) is 52.3 Å². The van der Waals surface area contributed by atoms with Crippen LogP contribution in [0.4, 0.5) is 10.1 Å². The number of hydrogen-bond donors (Lipinski definition) is 1. The van der Waals surface area contributed by atoms with Crippen molar-refractivity contribution >= 4 is 21.6 Å². The molecular weight excluding hydrogens is 325 g/mol. The van der Waals surface area contributed by atoms with Gasteiger partial charge in [-0.05, 0) is 13.0 Å². The number of nitrogens with two attached hydrogens (primary N) is 1. The summed E-state index contributed by atoms with van der Waals surface area (Å²) in [6.07, 6.45) is 0. The summed E-state index contributed by atoms with van der Waals surface area (Å²) in [5.74, 6) is 0.0621. The van der Waals surface area contributed by atoms with E-state index in [-0.39, 0.29) is 11.4 Å². The van der Waals surface area contributed by atoms with Gasteiger partial charge in [0.05, 0.1) is 12.3 Å². The SMILES string of the molecule is CCOc1cc(OCc2ccccc2Br)c(N)cc1F. The predicted octanol–water partition coefficient (Wildman–Crippen LogP) is 4.15. The topological polar surface area (TPSA) is 44.5 Å². The first-order valence-corrected chi connectivity index (χ1v) is 6.99. The van der Waals surface area contributed by atoms with Crippen molar-refractivity contribution in [1.29, 1.82) is 0 Å². The van der Waals surface area contributed by atoms with Gasteiger partial charge >= 0.3 is 0 Å². The summed E-state index contributed by atoms with van der Waals surface area (Å²) >= 11 is 3.44. The first-order valence-electron chi connectivity index (χ1n) is 6.19. The molecule has 0 aliphatic heterocycles. The minimum atomic E-state index is -0.488. The van der Waals surface area contributed by atoms with E-state index in [1.807, 2.05) is 24.3 Å². The Balaban J connectivity index is 2.17. The van der Waals surface area contributed by atoms with Gasteiger partial charge in [-0.25, -0.2) is 4.39 Å². The fraction of sp³-hybridized carbons (Fsp3) is 0.200. The maximum atomic E-state index is 13.6. The van der Waals surface area contributed by atoms with Gasteiger partial charge < -0.3 is 15.2 Å². The van der Waals surface area contributed by atoms with E-state index in [1.54, 1.807) is 6.92 Å². The van der Waals surface area contributed by atoms with E-state index in [1.165, 1.54) is 12.1 Å². The minimum Gasteiger partial charge on any atom is -0.491 e. The normalized spacial score (nSPS) is 10.3. The van der Waals surface area contributed by atoms with Crippen LogP contribution < -0.4 is 15.2 Å². The Morgan fingerprint density at radius 1 is 1.15 bits per heavy atom. The maximum Gasteiger partial charge on any atom is 0.167 e. The predicted molar refractivity (Wildman–Crippen MR) is 80.5 cm³/mol. The third-order valence-electron chi connectivity index (χ3n) is 2.71. The highest BCUT2D eigenvalue weighted by Crippen LogP contribution is 2.31. The summed E-state index contributed by atoms with van der Waals surface area (Å²) in [6.45, 7) is 2.50. The monoisotopic (exact) mass is 339 g/mol. The third kappa shape index (κ3) is 3.42. The zero-order valence-electron chi connectivity index (χ0n) is 11.0. The second-order valence-corrected chi connectivity index (χ2v) is 4.99. The molecule has 0 radical (unpaired) electrons. The van der Waals surface area contributed by atoms with Crippen LogP contribution in [-0.2, 0) is 6.61 Å². The van der Waals surface area contributed by atoms with Crippen LogP contribution in [0.1, 0.15) is 12.5 Å². The molecule has 0 atom stereocenters. The van der Waals surface area contributed by atoms with E-state index < -0.39 is 5.82 Å². The van der Waals surface area contributed by atoms with Crippen LogP contribution in [-0.4, -0.2) is 6.61 Å². The molecule has 0 fully saturated rings. The number of ether oxygens (including phenoxy) is 2. The molecule has 0 heterocycles. The van der Waals surface area contributed by atoms with Crippen molar-refractivity contribution < 1.29 is 13.9 Å². The van der Waals surface area contributed by atoms with Crippen molar-refractivity contribution in [2.24, 2.45) is 0 Å². The Morgan fingerprint density at radius 2 is 1.90 bits per heavy atom. The largest absolute Gasteiger partial charge is 0.491 e. The number of hydrogen-bond acceptors (Lipinski definition) is 3. The van der Waals surface area contributed by atoms with E-state index in [2.05, 4.69) is 15.9 Å². The van der Waals surface area contributed by atoms with Gasteiger partial charge in [-0.2, -0.15) is 0 Å². The van der Waals surface area contributed by atoms with Crippen LogP contribution in [0.25, 0.3) is 0 Å². The lowest BCUT2D eigenvalue weighted by molar-refractivity contribution is 0.295. The lowest BCUT2D eigenvalue weighted by Crippen LogP contribution is -2.02. The number of halogens is 2. The van der Waals surface area contributed by atoms with Gasteiger partial charge in [0, 0.05) is 22.2 Å². The molecule has 0 aromatic heterocycles. The van der Waals surface area contributed by atoms with Gasteiger partial charge in [-0.3, -0.25) is 0 Å². The van der Waals surface area contributed by atoms with Gasteiger partial charge in [-0.1, -0.05) is 34.1 Å². The molecule has 20 heavy (non-hydrogen) atoms. The highest BCUT2D eigenvalue weighted by molar-refractivity contribution is 9.10. The first-order chi connectivity index (χ1) is 9.61. The van der Waals surface area contributed by atoms with E-state index >= 15 is 0 Å². The molecule has 0 spiro atoms. The van der Waals surface area contributed by atoms with Crippen molar-refractivity contribution in [3.63, 3.8) is 0 Å². The Morgan fingerprint density at radius 3 is 2.60 bits per heavy atom. The average molecular weight is 340 g/mol. The summed E-state index contributed by atoms with van der Waals surface area (Å²) < 4.78 is 25.4. The van der Waals surface area contributed by atoms with E-state index in [0.29, 0.717) is 19.0 Å². The summed E-state index contributed by atoms with van der Waals surface area (Å²) in [7, 11) is 0. The quantitative estimate of drug-likeness (QED) is 0.832. The second-order valence-electron chi connectivity index (χ2n) is 4.13. The van der Waals surface area contributed by atoms with Crippen LogP contribution in [0.15, 0.2) is 40.9 Å². The van der Waals surface area contributed by atoms with Gasteiger partial charge in [0.2, 0.25) is 0 Å². The first kappa shape index (κ1) is 14.7. The Hall–Kier alpha value is -1.75. The third-order valence-corrected chi connectivity index (χ3v) is 3.48. The molecule has 106 valence electrons. The standard InChI is InChI=1S/C15H15BrFNO2/c1-2-19-14-8-15(13(18)7-12(14)17)20-9-10-5-3-4-6-11(10)16/h3-8H,2,9,18H2,1H3. The van der Waals surface area contributed by atoms with Crippen molar-refractivity contribution in [1.82, 2.24) is 0 Å². The average Bonchev–Trinajstić information content (AvgIpc) is 2.42. The summed E-state index contributed by atoms with van der Waals surface area (Å²) in [5, 5.41) is 0. The van der Waals surface area contributed by atoms with E-state index in [4.69, 9.17) is 15.2 Å². The molecule has 0 unspecified atom stereocenters. The highest BCUT2D eigenvalue weighted by atomic mass is 79.9. The number of rotatable bonds is 5. The number of benzene rings is 2. The number of nitrogen functional groups attached to an aromatic ring is 1. The molecule has 0 amide bonds. The lowest BCUT2D eigenvalue weighted by Gasteiger charge is -2.12. The Bertz CT molecular complexity index is 604. The van der Waals surface area contributed by atoms with Gasteiger partial charge in [-0.15, -0.1) is 0 Å². The maximum absolute atomic E-state index is 13.6. The Labute approximate surface area is 125 Å². The molecule has 0 bridgehead atoms. The molecule has 0 aliphatic carbocycles. The lowest BCUT2D eigenvalue weighted by atomic mass is 10.2. The van der Waals surface area contributed by atoms with Crippen LogP contribution in [0.3, 0.4) is 0 Å². The zero-order chi connectivity index (χ0) is 14.5. The van der Waals surface area contributed by atoms with Gasteiger partial charge in [0.1, 0.15) is 12.4 Å². The van der Waals surface area contributed by atoms with E-state index in [9.17, 15) is 4.39 Å². The molecule has 2 aromatic carbocycles. The Kier molecular flexibility index (Phi) is 4.84. The van der Waals surface area contributed by atoms with Crippen LogP contribution >= 0.6 is 15.9 Å². The minimum absolute atomic E-state index is 0.142. The molecule has 5 heteroatoms. The molecule has 0 saturated heterocycles. The van der Waals surface area contributed by atoms with Crippen molar-refractivity contribution in [2.75, 3.05) is 12.3 Å². The smallest absolute Gasteiger partial charge is 0.167 e. The van der Waals surface area contributed by atoms with Gasteiger partial charge in [0.25, 0.3) is 0 Å². The van der Waals surface area contributed by atoms with Gasteiger partial charge in [0.15, 0.2) is 11.6 Å². The molecule has 3 nitrogen and oxygen atoms in total.